The lowest BCUT2D eigenvalue weighted by atomic mass is 10.2. The van der Waals surface area contributed by atoms with Gasteiger partial charge in [-0.1, -0.05) is 5.92 Å². The summed E-state index contributed by atoms with van der Waals surface area (Å²) in [5.41, 5.74) is 0.240. The van der Waals surface area contributed by atoms with Crippen LogP contribution in [0.15, 0.2) is 18.2 Å². The van der Waals surface area contributed by atoms with Crippen molar-refractivity contribution in [3.63, 3.8) is 0 Å². The third-order valence-electron chi connectivity index (χ3n) is 1.80. The van der Waals surface area contributed by atoms with E-state index in [4.69, 9.17) is 6.42 Å². The number of carbonyl (C=O) groups is 1. The van der Waals surface area contributed by atoms with Crippen LogP contribution in [-0.2, 0) is 0 Å². The first-order chi connectivity index (χ1) is 7.04. The van der Waals surface area contributed by atoms with Gasteiger partial charge in [0.25, 0.3) is 5.91 Å². The van der Waals surface area contributed by atoms with Crippen molar-refractivity contribution in [2.75, 3.05) is 0 Å². The Morgan fingerprint density at radius 2 is 2.33 bits per heavy atom. The summed E-state index contributed by atoms with van der Waals surface area (Å²) in [5, 5.41) is 12.1. The van der Waals surface area contributed by atoms with Crippen LogP contribution in [0.4, 0.5) is 0 Å². The number of amides is 1. The van der Waals surface area contributed by atoms with E-state index in [1.165, 1.54) is 6.07 Å². The quantitative estimate of drug-likeness (QED) is 0.645. The first-order valence-electron chi connectivity index (χ1n) is 4.30. The maximum Gasteiger partial charge on any atom is 0.256 e. The van der Waals surface area contributed by atoms with Crippen LogP contribution < -0.4 is 5.32 Å². The molecule has 0 aliphatic rings. The normalized spacial score (nSPS) is 11.5. The summed E-state index contributed by atoms with van der Waals surface area (Å²) in [7, 11) is 0. The number of hydrogen-bond acceptors (Lipinski definition) is 2. The third kappa shape index (κ3) is 3.13. The number of aromatic hydroxyl groups is 1. The fourth-order valence-corrected chi connectivity index (χ4v) is 1.50. The second-order valence-electron chi connectivity index (χ2n) is 3.02. The van der Waals surface area contributed by atoms with Crippen LogP contribution in [0.1, 0.15) is 17.3 Å². The maximum absolute atomic E-state index is 11.6. The highest BCUT2D eigenvalue weighted by atomic mass is 127. The van der Waals surface area contributed by atoms with E-state index in [9.17, 15) is 9.90 Å². The Labute approximate surface area is 102 Å². The van der Waals surface area contributed by atoms with Crippen molar-refractivity contribution in [3.8, 4) is 18.1 Å². The molecule has 1 amide bonds. The van der Waals surface area contributed by atoms with Crippen LogP contribution in [0.3, 0.4) is 0 Å². The molecule has 4 heteroatoms. The highest BCUT2D eigenvalue weighted by Crippen LogP contribution is 2.19. The molecule has 0 bridgehead atoms. The monoisotopic (exact) mass is 315 g/mol. The second kappa shape index (κ2) is 5.03. The fourth-order valence-electron chi connectivity index (χ4n) is 1.01. The van der Waals surface area contributed by atoms with E-state index in [2.05, 4.69) is 33.8 Å². The molecule has 0 heterocycles. The molecule has 0 saturated heterocycles. The maximum atomic E-state index is 11.6. The summed E-state index contributed by atoms with van der Waals surface area (Å²) in [6.07, 6.45) is 5.14. The molecule has 1 unspecified atom stereocenters. The summed E-state index contributed by atoms with van der Waals surface area (Å²) in [6, 6.07) is 4.46. The summed E-state index contributed by atoms with van der Waals surface area (Å²) in [6.45, 7) is 1.70. The Kier molecular flexibility index (Phi) is 3.97. The second-order valence-corrected chi connectivity index (χ2v) is 4.27. The summed E-state index contributed by atoms with van der Waals surface area (Å²) < 4.78 is 0.879. The molecule has 1 aromatic carbocycles. The van der Waals surface area contributed by atoms with Gasteiger partial charge >= 0.3 is 0 Å². The largest absolute Gasteiger partial charge is 0.507 e. The van der Waals surface area contributed by atoms with E-state index in [0.29, 0.717) is 0 Å². The SMILES string of the molecule is C#CC(C)NC(=O)c1cc(I)ccc1O. The fraction of sp³-hybridized carbons (Fsp3) is 0.182. The van der Waals surface area contributed by atoms with Crippen molar-refractivity contribution in [3.05, 3.63) is 27.3 Å². The van der Waals surface area contributed by atoms with Crippen molar-refractivity contribution in [1.82, 2.24) is 5.32 Å². The van der Waals surface area contributed by atoms with E-state index in [1.54, 1.807) is 19.1 Å². The standard InChI is InChI=1S/C11H10INO2/c1-3-7(2)13-11(15)9-6-8(12)4-5-10(9)14/h1,4-7,14H,2H3,(H,13,15). The molecule has 1 aromatic rings. The lowest BCUT2D eigenvalue weighted by Gasteiger charge is -2.09. The van der Waals surface area contributed by atoms with Crippen molar-refractivity contribution >= 4 is 28.5 Å². The molecule has 0 spiro atoms. The number of phenolic OH excluding ortho intramolecular Hbond substituents is 1. The van der Waals surface area contributed by atoms with Gasteiger partial charge in [0.2, 0.25) is 0 Å². The van der Waals surface area contributed by atoms with Crippen molar-refractivity contribution in [2.24, 2.45) is 0 Å². The van der Waals surface area contributed by atoms with Crippen LogP contribution in [-0.4, -0.2) is 17.1 Å². The minimum absolute atomic E-state index is 0.0443. The molecular formula is C11H10INO2. The zero-order chi connectivity index (χ0) is 11.4. The smallest absolute Gasteiger partial charge is 0.256 e. The molecule has 15 heavy (non-hydrogen) atoms. The molecule has 0 radical (unpaired) electrons. The van der Waals surface area contributed by atoms with Gasteiger partial charge in [-0.05, 0) is 47.7 Å². The minimum Gasteiger partial charge on any atom is -0.507 e. The lowest BCUT2D eigenvalue weighted by Crippen LogP contribution is -2.31. The zero-order valence-corrected chi connectivity index (χ0v) is 10.3. The van der Waals surface area contributed by atoms with E-state index < -0.39 is 0 Å². The molecule has 0 saturated carbocycles. The number of hydrogen-bond donors (Lipinski definition) is 2. The average Bonchev–Trinajstić information content (AvgIpc) is 2.21. The van der Waals surface area contributed by atoms with E-state index in [1.807, 2.05) is 0 Å². The first kappa shape index (κ1) is 11.9. The number of carbonyl (C=O) groups excluding carboxylic acids is 1. The Balaban J connectivity index is 2.92. The average molecular weight is 315 g/mol. The molecule has 0 aliphatic heterocycles. The van der Waals surface area contributed by atoms with Gasteiger partial charge < -0.3 is 10.4 Å². The van der Waals surface area contributed by atoms with Crippen molar-refractivity contribution in [1.29, 1.82) is 0 Å². The molecule has 1 atom stereocenters. The van der Waals surface area contributed by atoms with Gasteiger partial charge in [0, 0.05) is 3.57 Å². The molecule has 0 fully saturated rings. The zero-order valence-electron chi connectivity index (χ0n) is 8.12. The number of terminal acetylenes is 1. The van der Waals surface area contributed by atoms with E-state index in [0.717, 1.165) is 3.57 Å². The molecule has 2 N–H and O–H groups in total. The number of nitrogens with one attached hydrogen (secondary N) is 1. The van der Waals surface area contributed by atoms with Crippen molar-refractivity contribution in [2.45, 2.75) is 13.0 Å². The van der Waals surface area contributed by atoms with Crippen LogP contribution >= 0.6 is 22.6 Å². The van der Waals surface area contributed by atoms with Crippen molar-refractivity contribution < 1.29 is 9.90 Å². The number of phenols is 1. The Hall–Kier alpha value is -1.22. The van der Waals surface area contributed by atoms with Crippen LogP contribution in [0, 0.1) is 15.9 Å². The summed E-state index contributed by atoms with van der Waals surface area (Å²) in [5.74, 6) is 1.98. The van der Waals surface area contributed by atoms with Gasteiger partial charge in [-0.3, -0.25) is 4.79 Å². The van der Waals surface area contributed by atoms with Crippen LogP contribution in [0.2, 0.25) is 0 Å². The van der Waals surface area contributed by atoms with Crippen LogP contribution in [0.5, 0.6) is 5.75 Å². The molecule has 78 valence electrons. The third-order valence-corrected chi connectivity index (χ3v) is 2.47. The summed E-state index contributed by atoms with van der Waals surface area (Å²) >= 11 is 2.07. The predicted octanol–water partition coefficient (Wildman–Crippen LogP) is 1.75. The molecule has 3 nitrogen and oxygen atoms in total. The molecule has 0 aliphatic carbocycles. The number of rotatable bonds is 2. The van der Waals surface area contributed by atoms with E-state index in [-0.39, 0.29) is 23.3 Å². The summed E-state index contributed by atoms with van der Waals surface area (Å²) in [4.78, 5) is 11.6. The van der Waals surface area contributed by atoms with Gasteiger partial charge in [0.15, 0.2) is 0 Å². The highest BCUT2D eigenvalue weighted by molar-refractivity contribution is 14.1. The van der Waals surface area contributed by atoms with Gasteiger partial charge in [-0.15, -0.1) is 6.42 Å². The molecular weight excluding hydrogens is 305 g/mol. The minimum atomic E-state index is -0.364. The van der Waals surface area contributed by atoms with Crippen LogP contribution in [0.25, 0.3) is 0 Å². The topological polar surface area (TPSA) is 49.3 Å². The Bertz CT molecular complexity index is 423. The predicted molar refractivity (Wildman–Crippen MR) is 66.6 cm³/mol. The highest BCUT2D eigenvalue weighted by Gasteiger charge is 2.12. The molecule has 1 rings (SSSR count). The first-order valence-corrected chi connectivity index (χ1v) is 5.38. The number of halogens is 1. The van der Waals surface area contributed by atoms with E-state index >= 15 is 0 Å². The number of benzene rings is 1. The van der Waals surface area contributed by atoms with Gasteiger partial charge in [0.1, 0.15) is 5.75 Å². The molecule has 0 aromatic heterocycles. The lowest BCUT2D eigenvalue weighted by molar-refractivity contribution is 0.0945. The van der Waals surface area contributed by atoms with Gasteiger partial charge in [0.05, 0.1) is 11.6 Å². The Morgan fingerprint density at radius 3 is 2.93 bits per heavy atom. The van der Waals surface area contributed by atoms with Gasteiger partial charge in [-0.25, -0.2) is 0 Å². The van der Waals surface area contributed by atoms with Gasteiger partial charge in [-0.2, -0.15) is 0 Å². The Morgan fingerprint density at radius 1 is 1.67 bits per heavy atom.